The Hall–Kier alpha value is -5.67. The van der Waals surface area contributed by atoms with E-state index in [1.807, 2.05) is 54.6 Å². The van der Waals surface area contributed by atoms with E-state index in [9.17, 15) is 32.7 Å². The van der Waals surface area contributed by atoms with Crippen LogP contribution in [0.5, 0.6) is 0 Å². The van der Waals surface area contributed by atoms with Crippen LogP contribution in [0, 0.1) is 16.7 Å². The standard InChI is InChI=1S/C34H43N7O4.C2HF3O2/c35-30(36)24-14-12-21(13-15-24)19-27(26-17-16-22-7-4-5-10-25(22)20-26)31(42)41-29(23-8-2-1-3-9-23)32(43)40-28(33(44)45)11-6-18-39-34(37)38;3-2(4,5)1(6)7/h4-5,7,10,12-17,20,23,27-29H,1-3,6,8-9,11,18-19H2,(H3,35,36)(H,40,43)(H,41,42)(H,44,45)(H4,37,38,39);(H,6,7)/t27-,28?,29-;/m0./s1. The zero-order chi connectivity index (χ0) is 38.4. The van der Waals surface area contributed by atoms with E-state index in [1.165, 1.54) is 0 Å². The number of fused-ring (bicyclic) bond motifs is 1. The lowest BCUT2D eigenvalue weighted by Crippen LogP contribution is -2.55. The van der Waals surface area contributed by atoms with Crippen LogP contribution >= 0.6 is 0 Å². The summed E-state index contributed by atoms with van der Waals surface area (Å²) in [5.41, 5.74) is 13.2. The van der Waals surface area contributed by atoms with Gasteiger partial charge in [-0.15, -0.1) is 0 Å². The summed E-state index contributed by atoms with van der Waals surface area (Å²) >= 11 is 0. The van der Waals surface area contributed by atoms with Crippen LogP contribution in [0.3, 0.4) is 0 Å². The summed E-state index contributed by atoms with van der Waals surface area (Å²) in [6, 6.07) is 19.0. The topological polar surface area (TPSA) is 245 Å². The molecule has 1 unspecified atom stereocenters. The zero-order valence-electron chi connectivity index (χ0n) is 28.3. The molecule has 2 amide bonds. The minimum absolute atomic E-state index is 0.0403. The first-order chi connectivity index (χ1) is 24.6. The van der Waals surface area contributed by atoms with Crippen molar-refractivity contribution in [3.8, 4) is 0 Å². The SMILES string of the molecule is N=C(N)NCCCC(NC(=O)[C@@H](NC(=O)[C@@H](Cc1ccc(C(=N)N)cc1)c1ccc2ccccc2c1)C1CCCCC1)C(=O)O.O=C(O)C(F)(F)F. The molecule has 52 heavy (non-hydrogen) atoms. The van der Waals surface area contributed by atoms with Gasteiger partial charge < -0.3 is 37.6 Å². The maximum absolute atomic E-state index is 14.2. The van der Waals surface area contributed by atoms with Crippen LogP contribution in [0.25, 0.3) is 10.8 Å². The minimum atomic E-state index is -5.08. The highest BCUT2D eigenvalue weighted by Crippen LogP contribution is 2.30. The molecular weight excluding hydrogens is 683 g/mol. The average Bonchev–Trinajstić information content (AvgIpc) is 3.10. The van der Waals surface area contributed by atoms with Crippen molar-refractivity contribution in [1.82, 2.24) is 16.0 Å². The highest BCUT2D eigenvalue weighted by atomic mass is 19.4. The summed E-state index contributed by atoms with van der Waals surface area (Å²) in [6.07, 6.45) is 0.210. The van der Waals surface area contributed by atoms with Crippen molar-refractivity contribution < 1.29 is 42.6 Å². The summed E-state index contributed by atoms with van der Waals surface area (Å²) in [6.45, 7) is 0.304. The van der Waals surface area contributed by atoms with Crippen molar-refractivity contribution >= 4 is 46.3 Å². The lowest BCUT2D eigenvalue weighted by molar-refractivity contribution is -0.192. The van der Waals surface area contributed by atoms with E-state index >= 15 is 0 Å². The molecule has 0 aromatic heterocycles. The van der Waals surface area contributed by atoms with Crippen LogP contribution in [-0.2, 0) is 25.6 Å². The number of aliphatic carboxylic acids is 2. The molecule has 1 fully saturated rings. The molecule has 280 valence electrons. The van der Waals surface area contributed by atoms with E-state index in [4.69, 9.17) is 32.2 Å². The highest BCUT2D eigenvalue weighted by molar-refractivity contribution is 5.95. The van der Waals surface area contributed by atoms with Crippen molar-refractivity contribution in [2.24, 2.45) is 17.4 Å². The second-order valence-corrected chi connectivity index (χ2v) is 12.5. The van der Waals surface area contributed by atoms with Crippen LogP contribution in [0.2, 0.25) is 0 Å². The molecule has 0 spiro atoms. The van der Waals surface area contributed by atoms with Crippen molar-refractivity contribution in [3.63, 3.8) is 0 Å². The normalized spacial score (nSPS) is 14.8. The molecule has 0 saturated heterocycles. The first-order valence-electron chi connectivity index (χ1n) is 16.7. The van der Waals surface area contributed by atoms with Crippen LogP contribution in [0.15, 0.2) is 66.7 Å². The number of benzene rings is 3. The quantitative estimate of drug-likeness (QED) is 0.0661. The number of carboxylic acids is 2. The summed E-state index contributed by atoms with van der Waals surface area (Å²) in [5.74, 6) is -5.75. The Morgan fingerprint density at radius 1 is 0.846 bits per heavy atom. The molecule has 4 rings (SSSR count). The minimum Gasteiger partial charge on any atom is -0.480 e. The number of nitrogens with one attached hydrogen (secondary N) is 5. The second kappa shape index (κ2) is 19.1. The summed E-state index contributed by atoms with van der Waals surface area (Å²) in [4.78, 5) is 48.9. The Balaban J connectivity index is 0.000000944. The van der Waals surface area contributed by atoms with Gasteiger partial charge in [0.05, 0.1) is 5.92 Å². The Morgan fingerprint density at radius 3 is 2.02 bits per heavy atom. The second-order valence-electron chi connectivity index (χ2n) is 12.5. The number of nitrogens with two attached hydrogens (primary N) is 2. The van der Waals surface area contributed by atoms with E-state index in [1.54, 1.807) is 12.1 Å². The Labute approximate surface area is 298 Å². The van der Waals surface area contributed by atoms with Gasteiger partial charge in [0.2, 0.25) is 11.8 Å². The molecule has 0 heterocycles. The fraction of sp³-hybridized carbons (Fsp3) is 0.389. The van der Waals surface area contributed by atoms with E-state index in [2.05, 4.69) is 16.0 Å². The zero-order valence-corrected chi connectivity index (χ0v) is 28.3. The third-order valence-electron chi connectivity index (χ3n) is 8.74. The first kappa shape index (κ1) is 40.8. The maximum Gasteiger partial charge on any atom is 0.490 e. The average molecular weight is 728 g/mol. The molecule has 0 bridgehead atoms. The number of carboxylic acid groups (broad SMARTS) is 2. The van der Waals surface area contributed by atoms with E-state index in [0.29, 0.717) is 24.9 Å². The molecule has 0 aliphatic heterocycles. The number of amidine groups is 1. The van der Waals surface area contributed by atoms with Gasteiger partial charge in [0, 0.05) is 12.1 Å². The molecule has 3 aromatic carbocycles. The summed E-state index contributed by atoms with van der Waals surface area (Å²) in [5, 5.41) is 42.3. The summed E-state index contributed by atoms with van der Waals surface area (Å²) < 4.78 is 31.7. The predicted molar refractivity (Wildman–Crippen MR) is 189 cm³/mol. The van der Waals surface area contributed by atoms with Gasteiger partial charge in [-0.1, -0.05) is 86.0 Å². The number of nitrogen functional groups attached to an aromatic ring is 1. The number of halogens is 3. The van der Waals surface area contributed by atoms with Crippen LogP contribution < -0.4 is 27.4 Å². The molecular formula is C36H44F3N7O6. The fourth-order valence-corrected chi connectivity index (χ4v) is 6.01. The predicted octanol–water partition coefficient (Wildman–Crippen LogP) is 3.98. The van der Waals surface area contributed by atoms with Gasteiger partial charge in [-0.3, -0.25) is 20.4 Å². The molecule has 1 saturated carbocycles. The molecule has 0 radical (unpaired) electrons. The maximum atomic E-state index is 14.2. The Kier molecular flexibility index (Phi) is 15.0. The van der Waals surface area contributed by atoms with E-state index in [-0.39, 0.29) is 30.0 Å². The molecule has 13 nitrogen and oxygen atoms in total. The molecule has 16 heteroatoms. The van der Waals surface area contributed by atoms with Crippen LogP contribution in [0.4, 0.5) is 13.2 Å². The van der Waals surface area contributed by atoms with Crippen molar-refractivity contribution in [3.05, 3.63) is 83.4 Å². The smallest absolute Gasteiger partial charge is 0.480 e. The number of carbonyl (C=O) groups excluding carboxylic acids is 2. The van der Waals surface area contributed by atoms with Gasteiger partial charge >= 0.3 is 18.1 Å². The van der Waals surface area contributed by atoms with Gasteiger partial charge in [-0.2, -0.15) is 13.2 Å². The fourth-order valence-electron chi connectivity index (χ4n) is 6.01. The van der Waals surface area contributed by atoms with Crippen LogP contribution in [0.1, 0.15) is 67.6 Å². The number of guanidine groups is 1. The first-order valence-corrected chi connectivity index (χ1v) is 16.7. The molecule has 1 aliphatic carbocycles. The van der Waals surface area contributed by atoms with Crippen molar-refractivity contribution in [2.45, 2.75) is 75.5 Å². The largest absolute Gasteiger partial charge is 0.490 e. The molecule has 3 aromatic rings. The van der Waals surface area contributed by atoms with Gasteiger partial charge in [0.25, 0.3) is 0 Å². The Morgan fingerprint density at radius 2 is 1.46 bits per heavy atom. The van der Waals surface area contributed by atoms with Crippen molar-refractivity contribution in [2.75, 3.05) is 6.54 Å². The number of hydrogen-bond acceptors (Lipinski definition) is 6. The van der Waals surface area contributed by atoms with Crippen LogP contribution in [-0.4, -0.2) is 70.6 Å². The lowest BCUT2D eigenvalue weighted by Gasteiger charge is -2.32. The molecule has 11 N–H and O–H groups in total. The third kappa shape index (κ3) is 12.6. The van der Waals surface area contributed by atoms with Gasteiger partial charge in [-0.25, -0.2) is 9.59 Å². The Bertz CT molecular complexity index is 1730. The molecule has 1 aliphatic rings. The third-order valence-corrected chi connectivity index (χ3v) is 8.74. The number of carbonyl (C=O) groups is 4. The van der Waals surface area contributed by atoms with Crippen molar-refractivity contribution in [1.29, 1.82) is 10.8 Å². The summed E-state index contributed by atoms with van der Waals surface area (Å²) in [7, 11) is 0. The number of amides is 2. The van der Waals surface area contributed by atoms with E-state index < -0.39 is 42.0 Å². The molecule has 3 atom stereocenters. The highest BCUT2D eigenvalue weighted by Gasteiger charge is 2.38. The number of rotatable bonds is 14. The monoisotopic (exact) mass is 727 g/mol. The van der Waals surface area contributed by atoms with E-state index in [0.717, 1.165) is 54.0 Å². The number of alkyl halides is 3. The van der Waals surface area contributed by atoms with Gasteiger partial charge in [0.15, 0.2) is 5.96 Å². The number of hydrogen-bond donors (Lipinski definition) is 9. The van der Waals surface area contributed by atoms with Gasteiger partial charge in [-0.05, 0) is 59.9 Å². The lowest BCUT2D eigenvalue weighted by atomic mass is 9.82. The van der Waals surface area contributed by atoms with Gasteiger partial charge in [0.1, 0.15) is 17.9 Å².